The summed E-state index contributed by atoms with van der Waals surface area (Å²) in [6.07, 6.45) is 23.0. The van der Waals surface area contributed by atoms with Crippen molar-refractivity contribution in [2.45, 2.75) is 163 Å². The van der Waals surface area contributed by atoms with Gasteiger partial charge in [-0.15, -0.1) is 0 Å². The molecule has 5 heteroatoms. The molecule has 0 aromatic carbocycles. The number of amides is 1. The van der Waals surface area contributed by atoms with Crippen molar-refractivity contribution in [2.75, 3.05) is 13.2 Å². The maximum absolute atomic E-state index is 12.5. The van der Waals surface area contributed by atoms with Gasteiger partial charge in [-0.25, -0.2) is 9.59 Å². The lowest BCUT2D eigenvalue weighted by Crippen LogP contribution is -2.42. The Labute approximate surface area is 217 Å². The Morgan fingerprint density at radius 1 is 0.629 bits per heavy atom. The highest BCUT2D eigenvalue weighted by Crippen LogP contribution is 2.15. The van der Waals surface area contributed by atoms with Crippen LogP contribution in [0, 0.1) is 5.41 Å². The number of nitrogens with one attached hydrogen (secondary N) is 1. The highest BCUT2D eigenvalue weighted by atomic mass is 16.6. The third-order valence-corrected chi connectivity index (χ3v) is 6.30. The number of rotatable bonds is 23. The molecule has 0 spiro atoms. The Morgan fingerprint density at radius 3 is 1.49 bits per heavy atom. The Balaban J connectivity index is 3.71. The summed E-state index contributed by atoms with van der Waals surface area (Å²) in [6.45, 7) is 11.1. The molecule has 0 heterocycles. The molecule has 0 saturated carbocycles. The molecule has 1 amide bonds. The molecule has 208 valence electrons. The predicted molar refractivity (Wildman–Crippen MR) is 148 cm³/mol. The van der Waals surface area contributed by atoms with Crippen molar-refractivity contribution in [3.05, 3.63) is 0 Å². The number of esters is 1. The lowest BCUT2D eigenvalue weighted by Gasteiger charge is -2.21. The predicted octanol–water partition coefficient (Wildman–Crippen LogP) is 9.12. The van der Waals surface area contributed by atoms with Crippen molar-refractivity contribution in [3.63, 3.8) is 0 Å². The van der Waals surface area contributed by atoms with E-state index in [1.165, 1.54) is 89.9 Å². The van der Waals surface area contributed by atoms with Crippen molar-refractivity contribution in [3.8, 4) is 0 Å². The zero-order valence-electron chi connectivity index (χ0n) is 24.1. The van der Waals surface area contributed by atoms with E-state index in [4.69, 9.17) is 9.47 Å². The quantitative estimate of drug-likeness (QED) is 0.113. The number of carbonyl (C=O) groups is 2. The van der Waals surface area contributed by atoms with Gasteiger partial charge in [0.15, 0.2) is 0 Å². The van der Waals surface area contributed by atoms with Crippen LogP contribution in [0.25, 0.3) is 0 Å². The van der Waals surface area contributed by atoms with E-state index in [-0.39, 0.29) is 11.4 Å². The van der Waals surface area contributed by atoms with Gasteiger partial charge in [0.25, 0.3) is 0 Å². The van der Waals surface area contributed by atoms with E-state index in [2.05, 4.69) is 19.2 Å². The van der Waals surface area contributed by atoms with Gasteiger partial charge in [0, 0.05) is 0 Å². The second-order valence-corrected chi connectivity index (χ2v) is 11.4. The minimum absolute atomic E-state index is 0.107. The van der Waals surface area contributed by atoms with Crippen LogP contribution in [0.2, 0.25) is 0 Å². The van der Waals surface area contributed by atoms with E-state index in [0.717, 1.165) is 25.7 Å². The molecule has 0 rings (SSSR count). The summed E-state index contributed by atoms with van der Waals surface area (Å²) in [7, 11) is 0. The smallest absolute Gasteiger partial charge is 0.407 e. The Morgan fingerprint density at radius 2 is 1.06 bits per heavy atom. The molecular formula is C30H59NO4. The van der Waals surface area contributed by atoms with Crippen LogP contribution < -0.4 is 5.32 Å². The number of ether oxygens (including phenoxy) is 2. The van der Waals surface area contributed by atoms with E-state index < -0.39 is 12.1 Å². The Hall–Kier alpha value is -1.26. The van der Waals surface area contributed by atoms with E-state index in [9.17, 15) is 9.59 Å². The number of carbonyl (C=O) groups excluding carboxylic acids is 2. The first-order valence-corrected chi connectivity index (χ1v) is 14.9. The zero-order valence-corrected chi connectivity index (χ0v) is 24.1. The van der Waals surface area contributed by atoms with Crippen LogP contribution in [0.3, 0.4) is 0 Å². The van der Waals surface area contributed by atoms with Gasteiger partial charge >= 0.3 is 12.1 Å². The van der Waals surface area contributed by atoms with Crippen molar-refractivity contribution in [2.24, 2.45) is 5.41 Å². The molecule has 0 bridgehead atoms. The van der Waals surface area contributed by atoms with Crippen molar-refractivity contribution in [1.82, 2.24) is 5.32 Å². The lowest BCUT2D eigenvalue weighted by molar-refractivity contribution is -0.146. The normalized spacial score (nSPS) is 12.4. The summed E-state index contributed by atoms with van der Waals surface area (Å²) in [5, 5.41) is 2.70. The van der Waals surface area contributed by atoms with Gasteiger partial charge in [-0.3, -0.25) is 0 Å². The van der Waals surface area contributed by atoms with Crippen LogP contribution in [0.4, 0.5) is 4.79 Å². The van der Waals surface area contributed by atoms with Crippen molar-refractivity contribution < 1.29 is 19.1 Å². The highest BCUT2D eigenvalue weighted by molar-refractivity contribution is 5.81. The number of hydrogen-bond acceptors (Lipinski definition) is 4. The second-order valence-electron chi connectivity index (χ2n) is 11.4. The maximum atomic E-state index is 12.5. The summed E-state index contributed by atoms with van der Waals surface area (Å²) in [5.74, 6) is -0.341. The molecule has 1 unspecified atom stereocenters. The average Bonchev–Trinajstić information content (AvgIpc) is 2.81. The molecular weight excluding hydrogens is 438 g/mol. The van der Waals surface area contributed by atoms with Gasteiger partial charge in [0.05, 0.1) is 13.2 Å². The summed E-state index contributed by atoms with van der Waals surface area (Å²) in [5.41, 5.74) is -0.107. The number of hydrogen-bond donors (Lipinski definition) is 1. The van der Waals surface area contributed by atoms with Crippen LogP contribution in [0.5, 0.6) is 0 Å². The summed E-state index contributed by atoms with van der Waals surface area (Å²) >= 11 is 0. The molecule has 1 atom stereocenters. The van der Waals surface area contributed by atoms with Gasteiger partial charge < -0.3 is 14.8 Å². The number of alkyl carbamates (subject to hydrolysis) is 1. The molecule has 0 aliphatic rings. The average molecular weight is 498 g/mol. The van der Waals surface area contributed by atoms with Gasteiger partial charge in [0.1, 0.15) is 6.04 Å². The topological polar surface area (TPSA) is 64.6 Å². The first-order chi connectivity index (χ1) is 16.8. The van der Waals surface area contributed by atoms with E-state index >= 15 is 0 Å². The zero-order chi connectivity index (χ0) is 26.2. The Bertz CT molecular complexity index is 501. The number of unbranched alkanes of at least 4 members (excludes halogenated alkanes) is 16. The summed E-state index contributed by atoms with van der Waals surface area (Å²) in [6, 6.07) is -0.622. The minimum atomic E-state index is -0.622. The molecule has 1 N–H and O–H groups in total. The first kappa shape index (κ1) is 33.7. The van der Waals surface area contributed by atoms with Crippen LogP contribution in [0.1, 0.15) is 157 Å². The summed E-state index contributed by atoms with van der Waals surface area (Å²) < 4.78 is 10.7. The largest absolute Gasteiger partial charge is 0.464 e. The van der Waals surface area contributed by atoms with Gasteiger partial charge in [-0.1, -0.05) is 144 Å². The van der Waals surface area contributed by atoms with Crippen molar-refractivity contribution in [1.29, 1.82) is 0 Å². The molecule has 5 nitrogen and oxygen atoms in total. The molecule has 0 fully saturated rings. The van der Waals surface area contributed by atoms with Gasteiger partial charge in [-0.2, -0.15) is 0 Å². The van der Waals surface area contributed by atoms with Crippen LogP contribution in [0.15, 0.2) is 0 Å². The first-order valence-electron chi connectivity index (χ1n) is 14.9. The molecule has 0 aromatic rings. The maximum Gasteiger partial charge on any atom is 0.407 e. The summed E-state index contributed by atoms with van der Waals surface area (Å²) in [4.78, 5) is 24.5. The fourth-order valence-electron chi connectivity index (χ4n) is 4.05. The minimum Gasteiger partial charge on any atom is -0.464 e. The van der Waals surface area contributed by atoms with E-state index in [1.807, 2.05) is 20.8 Å². The Kier molecular flexibility index (Phi) is 22.3. The van der Waals surface area contributed by atoms with E-state index in [1.54, 1.807) is 0 Å². The second kappa shape index (κ2) is 23.2. The lowest BCUT2D eigenvalue weighted by atomic mass is 9.99. The molecule has 0 aliphatic carbocycles. The standard InChI is InChI=1S/C30H59NO4/c1-6-8-10-11-12-13-14-15-16-17-18-19-20-21-22-23-25-34-28(32)27(24-9-7-2)31-29(33)35-26-30(3,4)5/h27H,6-26H2,1-5H3,(H,31,33). The van der Waals surface area contributed by atoms with Gasteiger partial charge in [-0.05, 0) is 18.3 Å². The van der Waals surface area contributed by atoms with Crippen LogP contribution in [-0.4, -0.2) is 31.3 Å². The van der Waals surface area contributed by atoms with Crippen molar-refractivity contribution >= 4 is 12.1 Å². The molecule has 0 aromatic heterocycles. The van der Waals surface area contributed by atoms with Gasteiger partial charge in [0.2, 0.25) is 0 Å². The molecule has 0 radical (unpaired) electrons. The third-order valence-electron chi connectivity index (χ3n) is 6.30. The fourth-order valence-corrected chi connectivity index (χ4v) is 4.05. The van der Waals surface area contributed by atoms with E-state index in [0.29, 0.717) is 19.6 Å². The SMILES string of the molecule is CCCCCCCCCCCCCCCCCCOC(=O)C(CCCC)NC(=O)OCC(C)(C)C. The van der Waals surface area contributed by atoms with Crippen LogP contribution in [-0.2, 0) is 14.3 Å². The molecule has 0 aliphatic heterocycles. The highest BCUT2D eigenvalue weighted by Gasteiger charge is 2.23. The fraction of sp³-hybridized carbons (Fsp3) is 0.933. The monoisotopic (exact) mass is 497 g/mol. The molecule has 35 heavy (non-hydrogen) atoms. The third kappa shape index (κ3) is 24.2. The van der Waals surface area contributed by atoms with Crippen LogP contribution >= 0.6 is 0 Å². The molecule has 0 saturated heterocycles.